The molecule has 1 saturated carbocycles. The molecule has 2 atom stereocenters. The molecule has 0 spiro atoms. The molecule has 2 heterocycles. The summed E-state index contributed by atoms with van der Waals surface area (Å²) in [5.74, 6) is -1.22. The molecule has 1 saturated heterocycles. The minimum Gasteiger partial charge on any atom is -0.497 e. The number of aryl methyl sites for hydroxylation is 1. The van der Waals surface area contributed by atoms with Crippen LogP contribution in [0.2, 0.25) is 0 Å². The molecular weight excluding hydrogens is 432 g/mol. The first kappa shape index (κ1) is 22.1. The summed E-state index contributed by atoms with van der Waals surface area (Å²) in [6.07, 6.45) is 3.85. The number of carbonyl (C=O) groups is 3. The van der Waals surface area contributed by atoms with Gasteiger partial charge in [0.15, 0.2) is 11.5 Å². The van der Waals surface area contributed by atoms with E-state index in [9.17, 15) is 14.4 Å². The van der Waals surface area contributed by atoms with Crippen LogP contribution in [0.15, 0.2) is 59.1 Å². The van der Waals surface area contributed by atoms with Gasteiger partial charge in [-0.15, -0.1) is 0 Å². The average Bonchev–Trinajstić information content (AvgIpc) is 3.60. The van der Waals surface area contributed by atoms with E-state index in [1.165, 1.54) is 0 Å². The quantitative estimate of drug-likeness (QED) is 0.304. The molecule has 2 aromatic carbocycles. The van der Waals surface area contributed by atoms with Crippen LogP contribution < -0.4 is 9.64 Å². The molecule has 0 N–H and O–H groups in total. The molecular formula is C27H26N2O5. The summed E-state index contributed by atoms with van der Waals surface area (Å²) in [6, 6.07) is 15.3. The Bertz CT molecular complexity index is 1220. The Morgan fingerprint density at radius 2 is 1.71 bits per heavy atom. The van der Waals surface area contributed by atoms with E-state index in [1.807, 2.05) is 25.1 Å². The summed E-state index contributed by atoms with van der Waals surface area (Å²) < 4.78 is 10.5. The summed E-state index contributed by atoms with van der Waals surface area (Å²) in [5, 5.41) is 3.92. The number of hydrogen-bond acceptors (Lipinski definition) is 6. The zero-order valence-corrected chi connectivity index (χ0v) is 19.2. The maximum Gasteiger partial charge on any atom is 0.295 e. The van der Waals surface area contributed by atoms with Gasteiger partial charge in [-0.1, -0.05) is 18.0 Å². The van der Waals surface area contributed by atoms with Crippen molar-refractivity contribution in [1.29, 1.82) is 0 Å². The lowest BCUT2D eigenvalue weighted by molar-refractivity contribution is -0.135. The molecule has 1 aliphatic carbocycles. The Balaban J connectivity index is 1.50. The van der Waals surface area contributed by atoms with Crippen molar-refractivity contribution in [2.24, 2.45) is 11.8 Å². The molecule has 1 aliphatic heterocycles. The molecule has 174 valence electrons. The molecule has 34 heavy (non-hydrogen) atoms. The highest BCUT2D eigenvalue weighted by molar-refractivity contribution is 6.49. The first-order valence-electron chi connectivity index (χ1n) is 11.6. The monoisotopic (exact) mass is 458 g/mol. The number of nitrogens with zero attached hydrogens (tertiary/aromatic N) is 2. The van der Waals surface area contributed by atoms with E-state index in [4.69, 9.17) is 9.26 Å². The molecule has 1 aromatic heterocycles. The van der Waals surface area contributed by atoms with E-state index >= 15 is 0 Å². The third-order valence-corrected chi connectivity index (χ3v) is 6.95. The van der Waals surface area contributed by atoms with Crippen LogP contribution in [0.3, 0.4) is 0 Å². The van der Waals surface area contributed by atoms with Gasteiger partial charge in [-0.05, 0) is 74.2 Å². The van der Waals surface area contributed by atoms with Crippen molar-refractivity contribution in [3.63, 3.8) is 0 Å². The van der Waals surface area contributed by atoms with Crippen molar-refractivity contribution in [3.8, 4) is 17.1 Å². The van der Waals surface area contributed by atoms with Crippen LogP contribution in [0, 0.1) is 18.8 Å². The van der Waals surface area contributed by atoms with Crippen LogP contribution in [-0.4, -0.2) is 35.8 Å². The smallest absolute Gasteiger partial charge is 0.295 e. The molecule has 2 unspecified atom stereocenters. The van der Waals surface area contributed by atoms with E-state index in [-0.39, 0.29) is 11.7 Å². The van der Waals surface area contributed by atoms with Crippen LogP contribution >= 0.6 is 0 Å². The van der Waals surface area contributed by atoms with Gasteiger partial charge < -0.3 is 14.2 Å². The van der Waals surface area contributed by atoms with E-state index < -0.39 is 23.7 Å². The molecule has 1 amide bonds. The highest BCUT2D eigenvalue weighted by atomic mass is 16.5. The predicted octanol–water partition coefficient (Wildman–Crippen LogP) is 4.63. The van der Waals surface area contributed by atoms with Gasteiger partial charge in [0, 0.05) is 22.9 Å². The Kier molecular flexibility index (Phi) is 5.77. The van der Waals surface area contributed by atoms with Crippen LogP contribution in [0.5, 0.6) is 5.75 Å². The lowest BCUT2D eigenvalue weighted by Crippen LogP contribution is -2.42. The second-order valence-corrected chi connectivity index (χ2v) is 9.02. The van der Waals surface area contributed by atoms with Gasteiger partial charge in [0.1, 0.15) is 11.7 Å². The van der Waals surface area contributed by atoms with E-state index in [2.05, 4.69) is 5.16 Å². The highest BCUT2D eigenvalue weighted by Gasteiger charge is 2.54. The highest BCUT2D eigenvalue weighted by Crippen LogP contribution is 2.41. The van der Waals surface area contributed by atoms with Gasteiger partial charge in [-0.25, -0.2) is 0 Å². The second-order valence-electron chi connectivity index (χ2n) is 9.02. The van der Waals surface area contributed by atoms with Crippen LogP contribution in [0.25, 0.3) is 11.3 Å². The van der Waals surface area contributed by atoms with Gasteiger partial charge in [0.2, 0.25) is 5.78 Å². The van der Waals surface area contributed by atoms with Crippen molar-refractivity contribution < 1.29 is 23.6 Å². The number of ketones is 2. The molecule has 0 bridgehead atoms. The summed E-state index contributed by atoms with van der Waals surface area (Å²) in [4.78, 5) is 41.6. The van der Waals surface area contributed by atoms with Gasteiger partial charge in [0.05, 0.1) is 18.8 Å². The zero-order chi connectivity index (χ0) is 23.8. The number of methoxy groups -OCH3 is 1. The molecule has 7 heteroatoms. The van der Waals surface area contributed by atoms with Crippen molar-refractivity contribution in [2.45, 2.75) is 38.6 Å². The second kappa shape index (κ2) is 8.89. The summed E-state index contributed by atoms with van der Waals surface area (Å²) in [5.41, 5.74) is 2.62. The Morgan fingerprint density at radius 1 is 1.03 bits per heavy atom. The maximum atomic E-state index is 13.5. The number of benzene rings is 2. The van der Waals surface area contributed by atoms with Crippen molar-refractivity contribution >= 4 is 23.2 Å². The van der Waals surface area contributed by atoms with Gasteiger partial charge in [-0.3, -0.25) is 14.4 Å². The first-order valence-corrected chi connectivity index (χ1v) is 11.6. The third kappa shape index (κ3) is 3.81. The standard InChI is InChI=1S/C27H26N2O5/c1-16-15-22(34-28-16)17-7-11-20(12-8-17)29-24(18-5-3-4-6-18)23(26(31)27(29)32)25(30)19-9-13-21(33-2)14-10-19/h7-15,18,23-24H,3-6H2,1-2H3. The number of aromatic nitrogens is 1. The van der Waals surface area contributed by atoms with Crippen LogP contribution in [-0.2, 0) is 9.59 Å². The first-order chi connectivity index (χ1) is 16.5. The van der Waals surface area contributed by atoms with Gasteiger partial charge in [-0.2, -0.15) is 0 Å². The number of Topliss-reactive ketones (excluding diaryl/α,β-unsaturated/α-hetero) is 2. The number of rotatable bonds is 6. The Labute approximate surface area is 197 Å². The fraction of sp³-hybridized carbons (Fsp3) is 0.333. The molecule has 2 aliphatic rings. The summed E-state index contributed by atoms with van der Waals surface area (Å²) in [6.45, 7) is 1.85. The minimum atomic E-state index is -1.01. The third-order valence-electron chi connectivity index (χ3n) is 6.95. The maximum absolute atomic E-state index is 13.5. The van der Waals surface area contributed by atoms with Gasteiger partial charge >= 0.3 is 0 Å². The van der Waals surface area contributed by atoms with Crippen LogP contribution in [0.4, 0.5) is 5.69 Å². The molecule has 5 rings (SSSR count). The fourth-order valence-electron chi connectivity index (χ4n) is 5.26. The number of carbonyl (C=O) groups excluding carboxylic acids is 3. The van der Waals surface area contributed by atoms with Crippen molar-refractivity contribution in [1.82, 2.24) is 5.16 Å². The van der Waals surface area contributed by atoms with E-state index in [1.54, 1.807) is 48.4 Å². The molecule has 3 aromatic rings. The summed E-state index contributed by atoms with van der Waals surface area (Å²) >= 11 is 0. The SMILES string of the molecule is COc1ccc(C(=O)C2C(=O)C(=O)N(c3ccc(-c4cc(C)no4)cc3)C2C2CCCC2)cc1. The van der Waals surface area contributed by atoms with Gasteiger partial charge in [0.25, 0.3) is 5.91 Å². The minimum absolute atomic E-state index is 0.0965. The van der Waals surface area contributed by atoms with Crippen molar-refractivity contribution in [3.05, 3.63) is 65.9 Å². The zero-order valence-electron chi connectivity index (χ0n) is 19.2. The lowest BCUT2D eigenvalue weighted by Gasteiger charge is -2.31. The number of ether oxygens (including phenoxy) is 1. The molecule has 2 fully saturated rings. The fourth-order valence-corrected chi connectivity index (χ4v) is 5.26. The van der Waals surface area contributed by atoms with Crippen LogP contribution in [0.1, 0.15) is 41.7 Å². The molecule has 7 nitrogen and oxygen atoms in total. The average molecular weight is 459 g/mol. The topological polar surface area (TPSA) is 89.7 Å². The number of hydrogen-bond donors (Lipinski definition) is 0. The number of anilines is 1. The number of amides is 1. The van der Waals surface area contributed by atoms with E-state index in [0.717, 1.165) is 36.9 Å². The van der Waals surface area contributed by atoms with E-state index in [0.29, 0.717) is 22.8 Å². The Hall–Kier alpha value is -3.74. The van der Waals surface area contributed by atoms with Crippen molar-refractivity contribution in [2.75, 3.05) is 12.0 Å². The lowest BCUT2D eigenvalue weighted by atomic mass is 9.82. The normalized spacial score (nSPS) is 20.8. The summed E-state index contributed by atoms with van der Waals surface area (Å²) in [7, 11) is 1.55. The largest absolute Gasteiger partial charge is 0.497 e. The predicted molar refractivity (Wildman–Crippen MR) is 126 cm³/mol. The molecule has 0 radical (unpaired) electrons. The Morgan fingerprint density at radius 3 is 2.29 bits per heavy atom.